The van der Waals surface area contributed by atoms with Crippen molar-refractivity contribution in [1.82, 2.24) is 0 Å². The van der Waals surface area contributed by atoms with Gasteiger partial charge >= 0.3 is 5.97 Å². The van der Waals surface area contributed by atoms with Crippen LogP contribution in [0.25, 0.3) is 0 Å². The molecule has 1 aliphatic rings. The van der Waals surface area contributed by atoms with Crippen LogP contribution in [0.4, 0.5) is 9.39 Å². The summed E-state index contributed by atoms with van der Waals surface area (Å²) in [6.07, 6.45) is 3.05. The van der Waals surface area contributed by atoms with E-state index in [0.29, 0.717) is 22.2 Å². The molecule has 0 radical (unpaired) electrons. The Hall–Kier alpha value is -2.41. The first kappa shape index (κ1) is 21.3. The van der Waals surface area contributed by atoms with E-state index >= 15 is 0 Å². The van der Waals surface area contributed by atoms with Crippen molar-refractivity contribution >= 4 is 28.2 Å². The molecule has 2 aromatic rings. The fourth-order valence-electron chi connectivity index (χ4n) is 3.49. The van der Waals surface area contributed by atoms with Gasteiger partial charge in [-0.25, -0.2) is 9.18 Å². The Morgan fingerprint density at radius 3 is 2.66 bits per heavy atom. The summed E-state index contributed by atoms with van der Waals surface area (Å²) in [5.41, 5.74) is 1.48. The molecule has 0 fully saturated rings. The minimum atomic E-state index is -0.807. The third-order valence-corrected chi connectivity index (χ3v) is 6.33. The highest BCUT2D eigenvalue weighted by molar-refractivity contribution is 7.17. The Balaban J connectivity index is 1.79. The number of benzene rings is 1. The zero-order chi connectivity index (χ0) is 21.0. The number of amides is 1. The standard InChI is InChI=1S/C22H26FNO4S/c1-4-14-6-11-17-18(12-14)29-21(19(17)22(26)27-5-2)24-20(25)13(3)28-16-9-7-15(23)8-10-16/h7-10,13-14H,4-6,11-12H2,1-3H3,(H,24,25)/t13-,14-/m0/s1. The zero-order valence-electron chi connectivity index (χ0n) is 16.9. The van der Waals surface area contributed by atoms with E-state index in [9.17, 15) is 14.0 Å². The molecular formula is C22H26FNO4S. The zero-order valence-corrected chi connectivity index (χ0v) is 17.7. The molecule has 1 aromatic carbocycles. The molecule has 1 N–H and O–H groups in total. The largest absolute Gasteiger partial charge is 0.481 e. The molecule has 1 amide bonds. The highest BCUT2D eigenvalue weighted by Crippen LogP contribution is 2.41. The van der Waals surface area contributed by atoms with Crippen LogP contribution in [0, 0.1) is 11.7 Å². The topological polar surface area (TPSA) is 64.6 Å². The van der Waals surface area contributed by atoms with Crippen molar-refractivity contribution in [3.63, 3.8) is 0 Å². The minimum Gasteiger partial charge on any atom is -0.481 e. The molecule has 2 atom stereocenters. The summed E-state index contributed by atoms with van der Waals surface area (Å²) in [5, 5.41) is 3.37. The first-order valence-corrected chi connectivity index (χ1v) is 10.8. The number of nitrogens with one attached hydrogen (secondary N) is 1. The summed E-state index contributed by atoms with van der Waals surface area (Å²) in [7, 11) is 0. The van der Waals surface area contributed by atoms with Crippen LogP contribution < -0.4 is 10.1 Å². The Bertz CT molecular complexity index is 878. The molecule has 29 heavy (non-hydrogen) atoms. The molecule has 0 bridgehead atoms. The molecule has 1 heterocycles. The SMILES string of the molecule is CCOC(=O)c1c(NC(=O)[C@H](C)Oc2ccc(F)cc2)sc2c1CC[C@H](CC)C2. The van der Waals surface area contributed by atoms with Gasteiger partial charge in [-0.05, 0) is 68.9 Å². The van der Waals surface area contributed by atoms with Gasteiger partial charge in [0.1, 0.15) is 16.6 Å². The van der Waals surface area contributed by atoms with Gasteiger partial charge in [-0.1, -0.05) is 13.3 Å². The van der Waals surface area contributed by atoms with Crippen LogP contribution in [0.3, 0.4) is 0 Å². The molecular weight excluding hydrogens is 393 g/mol. The highest BCUT2D eigenvalue weighted by atomic mass is 32.1. The van der Waals surface area contributed by atoms with Gasteiger partial charge in [0.25, 0.3) is 5.91 Å². The molecule has 1 aliphatic carbocycles. The van der Waals surface area contributed by atoms with E-state index in [0.717, 1.165) is 36.1 Å². The number of esters is 1. The van der Waals surface area contributed by atoms with Crippen LogP contribution in [0.2, 0.25) is 0 Å². The van der Waals surface area contributed by atoms with Gasteiger partial charge in [0, 0.05) is 4.88 Å². The smallest absolute Gasteiger partial charge is 0.341 e. The number of ether oxygens (including phenoxy) is 2. The molecule has 1 aromatic heterocycles. The maximum absolute atomic E-state index is 13.0. The lowest BCUT2D eigenvalue weighted by molar-refractivity contribution is -0.122. The fourth-order valence-corrected chi connectivity index (χ4v) is 4.85. The van der Waals surface area contributed by atoms with Crippen LogP contribution in [0.5, 0.6) is 5.75 Å². The summed E-state index contributed by atoms with van der Waals surface area (Å²) < 4.78 is 23.9. The van der Waals surface area contributed by atoms with Crippen LogP contribution in [-0.2, 0) is 22.4 Å². The second kappa shape index (κ2) is 9.39. The molecule has 0 unspecified atom stereocenters. The van der Waals surface area contributed by atoms with Crippen molar-refractivity contribution in [1.29, 1.82) is 0 Å². The van der Waals surface area contributed by atoms with Gasteiger partial charge in [-0.15, -0.1) is 11.3 Å². The Morgan fingerprint density at radius 1 is 1.28 bits per heavy atom. The number of hydrogen-bond donors (Lipinski definition) is 1. The van der Waals surface area contributed by atoms with E-state index < -0.39 is 12.1 Å². The first-order chi connectivity index (χ1) is 13.9. The van der Waals surface area contributed by atoms with Crippen LogP contribution in [-0.4, -0.2) is 24.6 Å². The van der Waals surface area contributed by atoms with Crippen molar-refractivity contribution in [2.45, 2.75) is 52.6 Å². The third kappa shape index (κ3) is 4.96. The highest BCUT2D eigenvalue weighted by Gasteiger charge is 2.30. The maximum atomic E-state index is 13.0. The number of carbonyl (C=O) groups excluding carboxylic acids is 2. The Morgan fingerprint density at radius 2 is 2.00 bits per heavy atom. The summed E-state index contributed by atoms with van der Waals surface area (Å²) in [4.78, 5) is 26.4. The summed E-state index contributed by atoms with van der Waals surface area (Å²) in [6, 6.07) is 5.49. The first-order valence-electron chi connectivity index (χ1n) is 9.97. The average molecular weight is 420 g/mol. The minimum absolute atomic E-state index is 0.276. The van der Waals surface area contributed by atoms with Crippen LogP contribution in [0.15, 0.2) is 24.3 Å². The Labute approximate surface area is 174 Å². The number of rotatable bonds is 7. The number of hydrogen-bond acceptors (Lipinski definition) is 5. The monoisotopic (exact) mass is 419 g/mol. The quantitative estimate of drug-likeness (QED) is 0.643. The third-order valence-electron chi connectivity index (χ3n) is 5.16. The van der Waals surface area contributed by atoms with E-state index in [1.165, 1.54) is 35.6 Å². The van der Waals surface area contributed by atoms with Gasteiger partial charge in [0.15, 0.2) is 6.10 Å². The molecule has 0 saturated heterocycles. The van der Waals surface area contributed by atoms with Crippen molar-refractivity contribution in [2.24, 2.45) is 5.92 Å². The molecule has 0 aliphatic heterocycles. The normalized spacial score (nSPS) is 16.6. The van der Waals surface area contributed by atoms with Crippen molar-refractivity contribution in [3.8, 4) is 5.75 Å². The lowest BCUT2D eigenvalue weighted by Crippen LogP contribution is -2.30. The van der Waals surface area contributed by atoms with Crippen molar-refractivity contribution in [2.75, 3.05) is 11.9 Å². The molecule has 5 nitrogen and oxygen atoms in total. The predicted molar refractivity (Wildman–Crippen MR) is 111 cm³/mol. The number of halogens is 1. The van der Waals surface area contributed by atoms with E-state index in [4.69, 9.17) is 9.47 Å². The van der Waals surface area contributed by atoms with E-state index in [-0.39, 0.29) is 18.3 Å². The summed E-state index contributed by atoms with van der Waals surface area (Å²) >= 11 is 1.45. The van der Waals surface area contributed by atoms with Crippen molar-refractivity contribution < 1.29 is 23.5 Å². The van der Waals surface area contributed by atoms with Crippen LogP contribution >= 0.6 is 11.3 Å². The van der Waals surface area contributed by atoms with E-state index in [1.807, 2.05) is 0 Å². The van der Waals surface area contributed by atoms with Gasteiger partial charge in [-0.2, -0.15) is 0 Å². The van der Waals surface area contributed by atoms with Crippen molar-refractivity contribution in [3.05, 3.63) is 46.1 Å². The number of fused-ring (bicyclic) bond motifs is 1. The second-order valence-electron chi connectivity index (χ2n) is 7.15. The molecule has 3 rings (SSSR count). The number of thiophene rings is 1. The molecule has 156 valence electrons. The molecule has 0 saturated carbocycles. The predicted octanol–water partition coefficient (Wildman–Crippen LogP) is 4.98. The van der Waals surface area contributed by atoms with Gasteiger partial charge < -0.3 is 14.8 Å². The number of carbonyl (C=O) groups is 2. The lowest BCUT2D eigenvalue weighted by Gasteiger charge is -2.21. The Kier molecular flexibility index (Phi) is 6.90. The lowest BCUT2D eigenvalue weighted by atomic mass is 9.85. The number of anilines is 1. The fraction of sp³-hybridized carbons (Fsp3) is 0.455. The molecule has 7 heteroatoms. The maximum Gasteiger partial charge on any atom is 0.341 e. The second-order valence-corrected chi connectivity index (χ2v) is 8.25. The van der Waals surface area contributed by atoms with Crippen LogP contribution in [0.1, 0.15) is 54.4 Å². The van der Waals surface area contributed by atoms with Gasteiger partial charge in [0.05, 0.1) is 12.2 Å². The van der Waals surface area contributed by atoms with E-state index in [1.54, 1.807) is 13.8 Å². The van der Waals surface area contributed by atoms with E-state index in [2.05, 4.69) is 12.2 Å². The summed E-state index contributed by atoms with van der Waals surface area (Å²) in [6.45, 7) is 5.83. The van der Waals surface area contributed by atoms with Gasteiger partial charge in [-0.3, -0.25) is 4.79 Å². The average Bonchev–Trinajstić information content (AvgIpc) is 3.06. The van der Waals surface area contributed by atoms with Gasteiger partial charge in [0.2, 0.25) is 0 Å². The molecule has 0 spiro atoms. The summed E-state index contributed by atoms with van der Waals surface area (Å²) in [5.74, 6) is -0.146.